The van der Waals surface area contributed by atoms with Crippen molar-refractivity contribution >= 4 is 62.3 Å². The Bertz CT molecular complexity index is 1420. The van der Waals surface area contributed by atoms with Crippen LogP contribution in [0.3, 0.4) is 0 Å². The fraction of sp³-hybridized carbons (Fsp3) is 0.310. The van der Waals surface area contributed by atoms with E-state index in [0.717, 1.165) is 4.31 Å². The number of amides is 2. The predicted molar refractivity (Wildman–Crippen MR) is 161 cm³/mol. The highest BCUT2D eigenvalue weighted by molar-refractivity contribution is 7.92. The van der Waals surface area contributed by atoms with Crippen LogP contribution in [0, 0.1) is 0 Å². The number of nitrogens with one attached hydrogen (secondary N) is 1. The molecule has 3 aromatic carbocycles. The molecule has 0 radical (unpaired) electrons. The minimum absolute atomic E-state index is 0.00928. The number of anilines is 1. The van der Waals surface area contributed by atoms with Crippen LogP contribution >= 0.6 is 34.8 Å². The highest BCUT2D eigenvalue weighted by Gasteiger charge is 2.35. The lowest BCUT2D eigenvalue weighted by atomic mass is 10.1. The standard InChI is InChI=1S/C29H32Cl3N3O4S/c1-4-20(3)33-29(37)26(5-2)34(18-22-23(30)15-11-16-24(22)31)28(36)19-35(27-17-10-9-14-25(27)32)40(38,39)21-12-7-6-8-13-21/h6-17,20,26H,4-5,18-19H2,1-3H3,(H,33,37)/t20-,26+/m1/s1. The number of sulfonamides is 1. The smallest absolute Gasteiger partial charge is 0.264 e. The fourth-order valence-electron chi connectivity index (χ4n) is 4.10. The molecule has 3 aromatic rings. The number of carbonyl (C=O) groups excluding carboxylic acids is 2. The molecule has 0 aliphatic carbocycles. The zero-order valence-electron chi connectivity index (χ0n) is 22.5. The second kappa shape index (κ2) is 14.2. The number of nitrogens with zero attached hydrogens (tertiary/aromatic N) is 2. The van der Waals surface area contributed by atoms with Gasteiger partial charge in [0.25, 0.3) is 10.0 Å². The van der Waals surface area contributed by atoms with Crippen molar-refractivity contribution in [3.05, 3.63) is 93.4 Å². The summed E-state index contributed by atoms with van der Waals surface area (Å²) >= 11 is 19.3. The van der Waals surface area contributed by atoms with Crippen LogP contribution in [-0.4, -0.2) is 43.8 Å². The summed E-state index contributed by atoms with van der Waals surface area (Å²) in [6.07, 6.45) is 0.968. The molecule has 0 fully saturated rings. The Balaban J connectivity index is 2.10. The number of para-hydroxylation sites is 1. The molecular formula is C29H32Cl3N3O4S. The van der Waals surface area contributed by atoms with Crippen molar-refractivity contribution in [2.75, 3.05) is 10.8 Å². The molecule has 2 atom stereocenters. The van der Waals surface area contributed by atoms with E-state index in [1.54, 1.807) is 61.5 Å². The zero-order valence-corrected chi connectivity index (χ0v) is 25.6. The van der Waals surface area contributed by atoms with Crippen LogP contribution in [0.2, 0.25) is 15.1 Å². The molecule has 3 rings (SSSR count). The third-order valence-electron chi connectivity index (χ3n) is 6.51. The van der Waals surface area contributed by atoms with Crippen LogP contribution in [-0.2, 0) is 26.2 Å². The maximum atomic E-state index is 14.1. The Morgan fingerprint density at radius 1 is 0.825 bits per heavy atom. The van der Waals surface area contributed by atoms with Crippen molar-refractivity contribution in [1.82, 2.24) is 10.2 Å². The highest BCUT2D eigenvalue weighted by Crippen LogP contribution is 2.32. The molecule has 0 unspecified atom stereocenters. The van der Waals surface area contributed by atoms with Crippen molar-refractivity contribution in [2.45, 2.75) is 57.1 Å². The molecule has 0 aliphatic rings. The van der Waals surface area contributed by atoms with E-state index in [1.807, 2.05) is 13.8 Å². The molecule has 0 saturated heterocycles. The van der Waals surface area contributed by atoms with E-state index in [-0.39, 0.29) is 40.5 Å². The van der Waals surface area contributed by atoms with E-state index in [4.69, 9.17) is 34.8 Å². The second-order valence-electron chi connectivity index (χ2n) is 9.24. The predicted octanol–water partition coefficient (Wildman–Crippen LogP) is 6.56. The molecule has 214 valence electrons. The summed E-state index contributed by atoms with van der Waals surface area (Å²) in [5.74, 6) is -0.981. The molecule has 0 saturated carbocycles. The largest absolute Gasteiger partial charge is 0.352 e. The SMILES string of the molecule is CC[C@@H](C)NC(=O)[C@H](CC)N(Cc1c(Cl)cccc1Cl)C(=O)CN(c1ccccc1Cl)S(=O)(=O)c1ccccc1. The van der Waals surface area contributed by atoms with E-state index in [9.17, 15) is 18.0 Å². The van der Waals surface area contributed by atoms with E-state index in [1.165, 1.54) is 23.1 Å². The topological polar surface area (TPSA) is 86.8 Å². The Morgan fingerprint density at radius 2 is 1.40 bits per heavy atom. The minimum atomic E-state index is -4.22. The average molecular weight is 625 g/mol. The number of hydrogen-bond donors (Lipinski definition) is 1. The average Bonchev–Trinajstić information content (AvgIpc) is 2.93. The number of carbonyl (C=O) groups is 2. The lowest BCUT2D eigenvalue weighted by molar-refractivity contribution is -0.140. The summed E-state index contributed by atoms with van der Waals surface area (Å²) in [4.78, 5) is 28.8. The van der Waals surface area contributed by atoms with Gasteiger partial charge in [0, 0.05) is 28.2 Å². The first-order valence-electron chi connectivity index (χ1n) is 12.9. The molecule has 0 aromatic heterocycles. The van der Waals surface area contributed by atoms with Gasteiger partial charge < -0.3 is 10.2 Å². The molecule has 7 nitrogen and oxygen atoms in total. The van der Waals surface area contributed by atoms with Gasteiger partial charge in [-0.05, 0) is 56.2 Å². The van der Waals surface area contributed by atoms with Gasteiger partial charge in [-0.15, -0.1) is 0 Å². The Morgan fingerprint density at radius 3 is 1.98 bits per heavy atom. The van der Waals surface area contributed by atoms with Crippen molar-refractivity contribution in [3.63, 3.8) is 0 Å². The van der Waals surface area contributed by atoms with Gasteiger partial charge in [-0.2, -0.15) is 0 Å². The van der Waals surface area contributed by atoms with Gasteiger partial charge in [0.2, 0.25) is 11.8 Å². The fourth-order valence-corrected chi connectivity index (χ4v) is 6.36. The van der Waals surface area contributed by atoms with Gasteiger partial charge in [-0.1, -0.05) is 85.0 Å². The molecule has 0 bridgehead atoms. The monoisotopic (exact) mass is 623 g/mol. The lowest BCUT2D eigenvalue weighted by Gasteiger charge is -2.34. The first kappa shape index (κ1) is 31.7. The molecule has 0 aliphatic heterocycles. The third-order valence-corrected chi connectivity index (χ3v) is 9.31. The Hall–Kier alpha value is -2.78. The summed E-state index contributed by atoms with van der Waals surface area (Å²) in [6, 6.07) is 18.1. The van der Waals surface area contributed by atoms with Gasteiger partial charge >= 0.3 is 0 Å². The summed E-state index contributed by atoms with van der Waals surface area (Å²) < 4.78 is 28.7. The number of hydrogen-bond acceptors (Lipinski definition) is 4. The number of rotatable bonds is 12. The minimum Gasteiger partial charge on any atom is -0.352 e. The second-order valence-corrected chi connectivity index (χ2v) is 12.3. The number of halogens is 3. The first-order valence-corrected chi connectivity index (χ1v) is 15.4. The van der Waals surface area contributed by atoms with Gasteiger partial charge in [-0.25, -0.2) is 8.42 Å². The van der Waals surface area contributed by atoms with Crippen molar-refractivity contribution < 1.29 is 18.0 Å². The summed E-state index contributed by atoms with van der Waals surface area (Å²) in [5.41, 5.74) is 0.582. The Kier molecular flexibility index (Phi) is 11.3. The normalized spacial score (nSPS) is 12.8. The third kappa shape index (κ3) is 7.49. The van der Waals surface area contributed by atoms with Crippen LogP contribution in [0.15, 0.2) is 77.7 Å². The molecule has 2 amide bonds. The van der Waals surface area contributed by atoms with Crippen LogP contribution in [0.1, 0.15) is 39.2 Å². The van der Waals surface area contributed by atoms with Crippen LogP contribution in [0.4, 0.5) is 5.69 Å². The van der Waals surface area contributed by atoms with Crippen LogP contribution < -0.4 is 9.62 Å². The van der Waals surface area contributed by atoms with Gasteiger partial charge in [0.05, 0.1) is 15.6 Å². The molecule has 0 spiro atoms. The molecule has 0 heterocycles. The molecule has 40 heavy (non-hydrogen) atoms. The van der Waals surface area contributed by atoms with E-state index < -0.39 is 28.5 Å². The molecule has 1 N–H and O–H groups in total. The van der Waals surface area contributed by atoms with E-state index >= 15 is 0 Å². The maximum absolute atomic E-state index is 14.1. The first-order chi connectivity index (χ1) is 19.0. The van der Waals surface area contributed by atoms with E-state index in [0.29, 0.717) is 22.0 Å². The summed E-state index contributed by atoms with van der Waals surface area (Å²) in [5, 5.41) is 3.72. The summed E-state index contributed by atoms with van der Waals surface area (Å²) in [7, 11) is -4.22. The zero-order chi connectivity index (χ0) is 29.4. The van der Waals surface area contributed by atoms with Crippen LogP contribution in [0.25, 0.3) is 0 Å². The van der Waals surface area contributed by atoms with E-state index in [2.05, 4.69) is 5.32 Å². The quantitative estimate of drug-likeness (QED) is 0.247. The molecule has 11 heteroatoms. The van der Waals surface area contributed by atoms with Gasteiger partial charge in [0.1, 0.15) is 12.6 Å². The number of benzene rings is 3. The van der Waals surface area contributed by atoms with Gasteiger partial charge in [-0.3, -0.25) is 13.9 Å². The van der Waals surface area contributed by atoms with Gasteiger partial charge in [0.15, 0.2) is 0 Å². The maximum Gasteiger partial charge on any atom is 0.264 e. The molecular weight excluding hydrogens is 593 g/mol. The van der Waals surface area contributed by atoms with Crippen molar-refractivity contribution in [2.24, 2.45) is 0 Å². The Labute approximate surface area is 251 Å². The summed E-state index contributed by atoms with van der Waals surface area (Å²) in [6.45, 7) is 4.87. The van der Waals surface area contributed by atoms with Crippen molar-refractivity contribution in [3.8, 4) is 0 Å². The van der Waals surface area contributed by atoms with Crippen LogP contribution in [0.5, 0.6) is 0 Å². The van der Waals surface area contributed by atoms with Crippen molar-refractivity contribution in [1.29, 1.82) is 0 Å². The highest BCUT2D eigenvalue weighted by atomic mass is 35.5. The lowest BCUT2D eigenvalue weighted by Crippen LogP contribution is -2.53.